The molecule has 0 spiro atoms. The third-order valence-corrected chi connectivity index (χ3v) is 2.22. The summed E-state index contributed by atoms with van der Waals surface area (Å²) in [4.78, 5) is 0. The van der Waals surface area contributed by atoms with Crippen LogP contribution in [-0.4, -0.2) is 12.1 Å². The average Bonchev–Trinajstić information content (AvgIpc) is 2.15. The summed E-state index contributed by atoms with van der Waals surface area (Å²) in [7, 11) is 0. The fourth-order valence-electron chi connectivity index (χ4n) is 1.59. The first kappa shape index (κ1) is 13.8. The quantitative estimate of drug-likeness (QED) is 0.886. The normalized spacial score (nSPS) is 15.4. The maximum atomic E-state index is 12.7. The molecule has 1 rings (SSSR count). The fourth-order valence-corrected chi connectivity index (χ4v) is 1.59. The van der Waals surface area contributed by atoms with E-state index in [1.165, 1.54) is 18.2 Å². The molecule has 17 heavy (non-hydrogen) atoms. The number of hydrogen-bond donors (Lipinski definition) is 1. The van der Waals surface area contributed by atoms with Crippen molar-refractivity contribution in [1.29, 1.82) is 0 Å². The third kappa shape index (κ3) is 4.26. The highest BCUT2D eigenvalue weighted by atomic mass is 19.4. The number of benzene rings is 1. The monoisotopic (exact) mass is 247 g/mol. The van der Waals surface area contributed by atoms with Gasteiger partial charge in [-0.25, -0.2) is 0 Å². The lowest BCUT2D eigenvalue weighted by Crippen LogP contribution is -2.25. The van der Waals surface area contributed by atoms with Crippen molar-refractivity contribution in [2.75, 3.05) is 0 Å². The van der Waals surface area contributed by atoms with E-state index >= 15 is 0 Å². The molecule has 0 aliphatic rings. The van der Waals surface area contributed by atoms with Crippen LogP contribution in [-0.2, 0) is 6.18 Å². The highest BCUT2D eigenvalue weighted by Gasteiger charge is 2.34. The Kier molecular flexibility index (Phi) is 4.40. The van der Waals surface area contributed by atoms with Gasteiger partial charge in [0.2, 0.25) is 0 Å². The van der Waals surface area contributed by atoms with Gasteiger partial charge in [-0.1, -0.05) is 12.1 Å². The van der Waals surface area contributed by atoms with Crippen LogP contribution in [0.3, 0.4) is 0 Å². The van der Waals surface area contributed by atoms with Crippen LogP contribution < -0.4 is 10.5 Å². The molecule has 2 N–H and O–H groups in total. The van der Waals surface area contributed by atoms with Crippen LogP contribution in [0.2, 0.25) is 0 Å². The zero-order chi connectivity index (χ0) is 13.1. The van der Waals surface area contributed by atoms with Crippen molar-refractivity contribution in [3.05, 3.63) is 29.8 Å². The molecule has 0 bridgehead atoms. The highest BCUT2D eigenvalue weighted by molar-refractivity contribution is 5.35. The van der Waals surface area contributed by atoms with Gasteiger partial charge in [-0.3, -0.25) is 0 Å². The molecule has 0 radical (unpaired) electrons. The van der Waals surface area contributed by atoms with Crippen LogP contribution >= 0.6 is 0 Å². The summed E-state index contributed by atoms with van der Waals surface area (Å²) in [6.07, 6.45) is -4.24. The van der Waals surface area contributed by atoms with Crippen LogP contribution in [0, 0.1) is 0 Å². The third-order valence-electron chi connectivity index (χ3n) is 2.22. The van der Waals surface area contributed by atoms with E-state index in [4.69, 9.17) is 10.5 Å². The van der Waals surface area contributed by atoms with Gasteiger partial charge in [-0.2, -0.15) is 13.2 Å². The number of rotatable bonds is 4. The minimum Gasteiger partial charge on any atom is -0.490 e. The molecular formula is C12H16F3NO. The van der Waals surface area contributed by atoms with Crippen LogP contribution in [0.5, 0.6) is 5.75 Å². The second-order valence-electron chi connectivity index (χ2n) is 4.14. The van der Waals surface area contributed by atoms with Gasteiger partial charge in [0, 0.05) is 6.04 Å². The van der Waals surface area contributed by atoms with Gasteiger partial charge in [0.05, 0.1) is 11.7 Å². The van der Waals surface area contributed by atoms with Crippen molar-refractivity contribution in [2.45, 2.75) is 38.6 Å². The molecular weight excluding hydrogens is 231 g/mol. The van der Waals surface area contributed by atoms with Crippen molar-refractivity contribution < 1.29 is 17.9 Å². The maximum absolute atomic E-state index is 12.7. The SMILES string of the molecule is CC(N)CC(C)Oc1ccccc1C(F)(F)F. The van der Waals surface area contributed by atoms with E-state index in [9.17, 15) is 13.2 Å². The van der Waals surface area contributed by atoms with Crippen LogP contribution in [0.15, 0.2) is 24.3 Å². The zero-order valence-electron chi connectivity index (χ0n) is 9.79. The topological polar surface area (TPSA) is 35.2 Å². The molecule has 0 aliphatic heterocycles. The Morgan fingerprint density at radius 1 is 1.24 bits per heavy atom. The molecule has 2 atom stereocenters. The van der Waals surface area contributed by atoms with Gasteiger partial charge in [-0.15, -0.1) is 0 Å². The Hall–Kier alpha value is -1.23. The molecule has 0 heterocycles. The van der Waals surface area contributed by atoms with Crippen molar-refractivity contribution in [1.82, 2.24) is 0 Å². The lowest BCUT2D eigenvalue weighted by Gasteiger charge is -2.19. The molecule has 2 unspecified atom stereocenters. The minimum atomic E-state index is -4.40. The Balaban J connectivity index is 2.84. The summed E-state index contributed by atoms with van der Waals surface area (Å²) in [6.45, 7) is 3.49. The molecule has 0 saturated heterocycles. The van der Waals surface area contributed by atoms with Crippen LogP contribution in [0.25, 0.3) is 0 Å². The van der Waals surface area contributed by atoms with Crippen molar-refractivity contribution in [3.8, 4) is 5.75 Å². The molecule has 96 valence electrons. The molecule has 5 heteroatoms. The van der Waals surface area contributed by atoms with Gasteiger partial charge in [0.25, 0.3) is 0 Å². The number of hydrogen-bond acceptors (Lipinski definition) is 2. The summed E-state index contributed by atoms with van der Waals surface area (Å²) in [5.41, 5.74) is 4.82. The fraction of sp³-hybridized carbons (Fsp3) is 0.500. The Morgan fingerprint density at radius 2 is 1.82 bits per heavy atom. The number of nitrogens with two attached hydrogens (primary N) is 1. The number of para-hydroxylation sites is 1. The molecule has 2 nitrogen and oxygen atoms in total. The number of alkyl halides is 3. The lowest BCUT2D eigenvalue weighted by molar-refractivity contribution is -0.139. The first-order chi connectivity index (χ1) is 7.80. The van der Waals surface area contributed by atoms with E-state index in [0.29, 0.717) is 6.42 Å². The molecule has 0 amide bonds. The van der Waals surface area contributed by atoms with Crippen LogP contribution in [0.1, 0.15) is 25.8 Å². The van der Waals surface area contributed by atoms with Gasteiger partial charge in [0.1, 0.15) is 5.75 Å². The number of ether oxygens (including phenoxy) is 1. The largest absolute Gasteiger partial charge is 0.490 e. The van der Waals surface area contributed by atoms with Crippen molar-refractivity contribution >= 4 is 0 Å². The highest BCUT2D eigenvalue weighted by Crippen LogP contribution is 2.36. The van der Waals surface area contributed by atoms with E-state index in [1.807, 2.05) is 0 Å². The minimum absolute atomic E-state index is 0.108. The summed E-state index contributed by atoms with van der Waals surface area (Å²) >= 11 is 0. The first-order valence-electron chi connectivity index (χ1n) is 5.39. The van der Waals surface area contributed by atoms with E-state index in [-0.39, 0.29) is 17.9 Å². The van der Waals surface area contributed by atoms with Crippen molar-refractivity contribution in [2.24, 2.45) is 5.73 Å². The second kappa shape index (κ2) is 5.40. The van der Waals surface area contributed by atoms with Crippen molar-refractivity contribution in [3.63, 3.8) is 0 Å². The summed E-state index contributed by atoms with van der Waals surface area (Å²) in [5.74, 6) is -0.145. The van der Waals surface area contributed by atoms with E-state index in [1.54, 1.807) is 13.8 Å². The number of halogens is 3. The predicted molar refractivity (Wildman–Crippen MR) is 59.8 cm³/mol. The molecule has 0 fully saturated rings. The molecule has 1 aromatic rings. The van der Waals surface area contributed by atoms with Gasteiger partial charge < -0.3 is 10.5 Å². The molecule has 0 saturated carbocycles. The van der Waals surface area contributed by atoms with Gasteiger partial charge >= 0.3 is 6.18 Å². The summed E-state index contributed by atoms with van der Waals surface area (Å²) in [5, 5.41) is 0. The molecule has 1 aromatic carbocycles. The Labute approximate surface area is 98.6 Å². The Bertz CT molecular complexity index is 363. The second-order valence-corrected chi connectivity index (χ2v) is 4.14. The summed E-state index contributed by atoms with van der Waals surface area (Å²) in [6, 6.07) is 5.08. The predicted octanol–water partition coefficient (Wildman–Crippen LogP) is 3.21. The lowest BCUT2D eigenvalue weighted by atomic mass is 10.1. The Morgan fingerprint density at radius 3 is 2.35 bits per heavy atom. The van der Waals surface area contributed by atoms with Crippen LogP contribution in [0.4, 0.5) is 13.2 Å². The van der Waals surface area contributed by atoms with Gasteiger partial charge in [-0.05, 0) is 32.4 Å². The molecule has 0 aliphatic carbocycles. The zero-order valence-corrected chi connectivity index (χ0v) is 9.79. The van der Waals surface area contributed by atoms with E-state index in [2.05, 4.69) is 0 Å². The smallest absolute Gasteiger partial charge is 0.419 e. The standard InChI is InChI=1S/C12H16F3NO/c1-8(16)7-9(2)17-11-6-4-3-5-10(11)12(13,14)15/h3-6,8-9H,7,16H2,1-2H3. The van der Waals surface area contributed by atoms with E-state index in [0.717, 1.165) is 6.07 Å². The first-order valence-corrected chi connectivity index (χ1v) is 5.39. The summed E-state index contributed by atoms with van der Waals surface area (Å²) < 4.78 is 43.3. The molecule has 0 aromatic heterocycles. The van der Waals surface area contributed by atoms with E-state index < -0.39 is 11.7 Å². The average molecular weight is 247 g/mol. The maximum Gasteiger partial charge on any atom is 0.419 e. The van der Waals surface area contributed by atoms with Gasteiger partial charge in [0.15, 0.2) is 0 Å².